The standard InChI is InChI=1S/C11H14INO2/c12-10-4-1-3-9(7-10)8-11(15)13-5-2-6-14/h1,3-4,7,14H,2,5-6,8H2,(H,13,15). The fourth-order valence-electron chi connectivity index (χ4n) is 1.20. The van der Waals surface area contributed by atoms with Crippen LogP contribution in [-0.4, -0.2) is 24.2 Å². The molecule has 1 rings (SSSR count). The summed E-state index contributed by atoms with van der Waals surface area (Å²) >= 11 is 2.22. The molecule has 0 saturated heterocycles. The van der Waals surface area contributed by atoms with E-state index in [0.717, 1.165) is 9.13 Å². The molecule has 15 heavy (non-hydrogen) atoms. The molecule has 0 saturated carbocycles. The maximum Gasteiger partial charge on any atom is 0.224 e. The Labute approximate surface area is 103 Å². The van der Waals surface area contributed by atoms with Crippen LogP contribution in [0.1, 0.15) is 12.0 Å². The van der Waals surface area contributed by atoms with E-state index >= 15 is 0 Å². The molecular weight excluding hydrogens is 305 g/mol. The van der Waals surface area contributed by atoms with Crippen LogP contribution in [-0.2, 0) is 11.2 Å². The van der Waals surface area contributed by atoms with Gasteiger partial charge >= 0.3 is 0 Å². The molecular formula is C11H14INO2. The Morgan fingerprint density at radius 2 is 2.27 bits per heavy atom. The molecule has 0 bridgehead atoms. The van der Waals surface area contributed by atoms with Crippen LogP contribution in [0, 0.1) is 3.57 Å². The Hall–Kier alpha value is -0.620. The molecule has 0 aliphatic carbocycles. The summed E-state index contributed by atoms with van der Waals surface area (Å²) in [6, 6.07) is 7.87. The van der Waals surface area contributed by atoms with E-state index in [-0.39, 0.29) is 12.5 Å². The van der Waals surface area contributed by atoms with Crippen molar-refractivity contribution in [3.05, 3.63) is 33.4 Å². The number of carbonyl (C=O) groups is 1. The van der Waals surface area contributed by atoms with Crippen molar-refractivity contribution in [2.75, 3.05) is 13.2 Å². The number of halogens is 1. The summed E-state index contributed by atoms with van der Waals surface area (Å²) in [7, 11) is 0. The van der Waals surface area contributed by atoms with Crippen molar-refractivity contribution in [2.24, 2.45) is 0 Å². The zero-order valence-corrected chi connectivity index (χ0v) is 10.5. The number of nitrogens with one attached hydrogen (secondary N) is 1. The molecule has 0 spiro atoms. The zero-order chi connectivity index (χ0) is 11.1. The van der Waals surface area contributed by atoms with Gasteiger partial charge in [-0.1, -0.05) is 12.1 Å². The van der Waals surface area contributed by atoms with Crippen LogP contribution in [0.2, 0.25) is 0 Å². The number of rotatable bonds is 5. The van der Waals surface area contributed by atoms with Crippen molar-refractivity contribution in [1.29, 1.82) is 0 Å². The van der Waals surface area contributed by atoms with Crippen molar-refractivity contribution >= 4 is 28.5 Å². The van der Waals surface area contributed by atoms with E-state index in [0.29, 0.717) is 19.4 Å². The maximum atomic E-state index is 11.4. The topological polar surface area (TPSA) is 49.3 Å². The van der Waals surface area contributed by atoms with Gasteiger partial charge < -0.3 is 10.4 Å². The Balaban J connectivity index is 2.37. The number of aliphatic hydroxyl groups is 1. The molecule has 1 amide bonds. The lowest BCUT2D eigenvalue weighted by atomic mass is 10.1. The highest BCUT2D eigenvalue weighted by Crippen LogP contribution is 2.08. The van der Waals surface area contributed by atoms with Crippen LogP contribution in [0.15, 0.2) is 24.3 Å². The van der Waals surface area contributed by atoms with Gasteiger partial charge in [0.1, 0.15) is 0 Å². The van der Waals surface area contributed by atoms with E-state index in [1.165, 1.54) is 0 Å². The quantitative estimate of drug-likeness (QED) is 0.635. The van der Waals surface area contributed by atoms with Gasteiger partial charge in [-0.3, -0.25) is 4.79 Å². The minimum atomic E-state index is 0.00505. The van der Waals surface area contributed by atoms with E-state index in [1.54, 1.807) is 0 Å². The highest BCUT2D eigenvalue weighted by atomic mass is 127. The minimum absolute atomic E-state index is 0.00505. The molecule has 0 fully saturated rings. The van der Waals surface area contributed by atoms with Crippen LogP contribution >= 0.6 is 22.6 Å². The largest absolute Gasteiger partial charge is 0.396 e. The second kappa shape index (κ2) is 6.79. The van der Waals surface area contributed by atoms with E-state index in [2.05, 4.69) is 27.9 Å². The van der Waals surface area contributed by atoms with E-state index in [9.17, 15) is 4.79 Å². The van der Waals surface area contributed by atoms with Gasteiger partial charge in [-0.05, 0) is 46.7 Å². The molecule has 0 aliphatic rings. The Kier molecular flexibility index (Phi) is 5.63. The third kappa shape index (κ3) is 5.13. The van der Waals surface area contributed by atoms with Gasteiger partial charge in [-0.25, -0.2) is 0 Å². The third-order valence-electron chi connectivity index (χ3n) is 1.91. The lowest BCUT2D eigenvalue weighted by Crippen LogP contribution is -2.26. The summed E-state index contributed by atoms with van der Waals surface area (Å²) < 4.78 is 1.13. The molecule has 0 heterocycles. The Bertz CT molecular complexity index is 328. The predicted octanol–water partition coefficient (Wildman–Crippen LogP) is 1.33. The molecule has 0 atom stereocenters. The minimum Gasteiger partial charge on any atom is -0.396 e. The number of hydrogen-bond acceptors (Lipinski definition) is 2. The molecule has 0 radical (unpaired) electrons. The summed E-state index contributed by atoms with van der Waals surface area (Å²) in [5.41, 5.74) is 1.02. The van der Waals surface area contributed by atoms with Crippen molar-refractivity contribution in [3.63, 3.8) is 0 Å². The first-order valence-corrected chi connectivity index (χ1v) is 5.92. The van der Waals surface area contributed by atoms with Crippen LogP contribution in [0.25, 0.3) is 0 Å². The first kappa shape index (κ1) is 12.4. The highest BCUT2D eigenvalue weighted by Gasteiger charge is 2.02. The van der Waals surface area contributed by atoms with Crippen LogP contribution in [0.4, 0.5) is 0 Å². The smallest absolute Gasteiger partial charge is 0.224 e. The summed E-state index contributed by atoms with van der Waals surface area (Å²) in [5, 5.41) is 11.3. The molecule has 0 unspecified atom stereocenters. The Morgan fingerprint density at radius 3 is 2.93 bits per heavy atom. The number of amides is 1. The SMILES string of the molecule is O=C(Cc1cccc(I)c1)NCCCO. The van der Waals surface area contributed by atoms with Crippen LogP contribution in [0.5, 0.6) is 0 Å². The van der Waals surface area contributed by atoms with Crippen LogP contribution < -0.4 is 5.32 Å². The lowest BCUT2D eigenvalue weighted by molar-refractivity contribution is -0.120. The second-order valence-electron chi connectivity index (χ2n) is 3.23. The van der Waals surface area contributed by atoms with E-state index < -0.39 is 0 Å². The Morgan fingerprint density at radius 1 is 1.47 bits per heavy atom. The molecule has 2 N–H and O–H groups in total. The maximum absolute atomic E-state index is 11.4. The van der Waals surface area contributed by atoms with Gasteiger partial charge in [0.25, 0.3) is 0 Å². The third-order valence-corrected chi connectivity index (χ3v) is 2.58. The predicted molar refractivity (Wildman–Crippen MR) is 67.6 cm³/mol. The molecule has 1 aromatic carbocycles. The van der Waals surface area contributed by atoms with Gasteiger partial charge in [0, 0.05) is 16.7 Å². The van der Waals surface area contributed by atoms with Crippen molar-refractivity contribution in [1.82, 2.24) is 5.32 Å². The van der Waals surface area contributed by atoms with Gasteiger partial charge in [0.05, 0.1) is 6.42 Å². The molecule has 0 aromatic heterocycles. The lowest BCUT2D eigenvalue weighted by Gasteiger charge is -2.04. The zero-order valence-electron chi connectivity index (χ0n) is 8.37. The summed E-state index contributed by atoms with van der Waals surface area (Å²) in [6.07, 6.45) is 1.01. The van der Waals surface area contributed by atoms with Gasteiger partial charge in [0.15, 0.2) is 0 Å². The molecule has 3 nitrogen and oxygen atoms in total. The highest BCUT2D eigenvalue weighted by molar-refractivity contribution is 14.1. The monoisotopic (exact) mass is 319 g/mol. The van der Waals surface area contributed by atoms with Gasteiger partial charge in [-0.15, -0.1) is 0 Å². The fourth-order valence-corrected chi connectivity index (χ4v) is 1.81. The van der Waals surface area contributed by atoms with Crippen LogP contribution in [0.3, 0.4) is 0 Å². The average Bonchev–Trinajstić information content (AvgIpc) is 2.18. The van der Waals surface area contributed by atoms with Crippen molar-refractivity contribution in [3.8, 4) is 0 Å². The van der Waals surface area contributed by atoms with E-state index in [4.69, 9.17) is 5.11 Å². The summed E-state index contributed by atoms with van der Waals surface area (Å²) in [4.78, 5) is 11.4. The molecule has 0 aliphatic heterocycles. The molecule has 82 valence electrons. The number of carbonyl (C=O) groups excluding carboxylic acids is 1. The average molecular weight is 319 g/mol. The number of benzene rings is 1. The normalized spacial score (nSPS) is 10.0. The fraction of sp³-hybridized carbons (Fsp3) is 0.364. The van der Waals surface area contributed by atoms with Crippen molar-refractivity contribution < 1.29 is 9.90 Å². The molecule has 1 aromatic rings. The number of aliphatic hydroxyl groups excluding tert-OH is 1. The first-order valence-electron chi connectivity index (χ1n) is 4.84. The summed E-state index contributed by atoms with van der Waals surface area (Å²) in [5.74, 6) is 0.00505. The number of hydrogen-bond donors (Lipinski definition) is 2. The summed E-state index contributed by atoms with van der Waals surface area (Å²) in [6.45, 7) is 0.656. The van der Waals surface area contributed by atoms with E-state index in [1.807, 2.05) is 24.3 Å². The van der Waals surface area contributed by atoms with Gasteiger partial charge in [0.2, 0.25) is 5.91 Å². The first-order chi connectivity index (χ1) is 7.22. The van der Waals surface area contributed by atoms with Crippen molar-refractivity contribution in [2.45, 2.75) is 12.8 Å². The van der Waals surface area contributed by atoms with Gasteiger partial charge in [-0.2, -0.15) is 0 Å². The molecule has 4 heteroatoms. The second-order valence-corrected chi connectivity index (χ2v) is 4.48.